The highest BCUT2D eigenvalue weighted by molar-refractivity contribution is 6.12. The molecule has 5 heteroatoms. The molecule has 0 radical (unpaired) electrons. The minimum absolute atomic E-state index is 0.274. The smallest absolute Gasteiger partial charge is 0.363 e. The third-order valence-electron chi connectivity index (χ3n) is 4.14. The van der Waals surface area contributed by atoms with Crippen LogP contribution in [0, 0.1) is 0 Å². The van der Waals surface area contributed by atoms with E-state index in [0.29, 0.717) is 11.8 Å². The number of carbonyl (C=O) groups excluding carboxylic acids is 1. The molecule has 0 fully saturated rings. The van der Waals surface area contributed by atoms with Crippen LogP contribution < -0.4 is 9.47 Å². The number of hydrogen-bond acceptors (Lipinski definition) is 5. The van der Waals surface area contributed by atoms with Crippen molar-refractivity contribution in [1.29, 1.82) is 0 Å². The lowest BCUT2D eigenvalue weighted by Gasteiger charge is -2.12. The van der Waals surface area contributed by atoms with Crippen LogP contribution in [0.5, 0.6) is 11.5 Å². The molecule has 5 nitrogen and oxygen atoms in total. The second kappa shape index (κ2) is 7.44. The number of nitrogens with zero attached hydrogens (tertiary/aromatic N) is 1. The number of benzene rings is 2. The van der Waals surface area contributed by atoms with Gasteiger partial charge in [0, 0.05) is 5.56 Å². The lowest BCUT2D eigenvalue weighted by atomic mass is 9.99. The summed E-state index contributed by atoms with van der Waals surface area (Å²) in [5.74, 6) is 1.70. The molecule has 1 aliphatic rings. The molecule has 0 aromatic heterocycles. The van der Waals surface area contributed by atoms with Gasteiger partial charge in [-0.25, -0.2) is 9.79 Å². The van der Waals surface area contributed by atoms with Crippen molar-refractivity contribution in [2.24, 2.45) is 4.99 Å². The number of esters is 1. The fourth-order valence-electron chi connectivity index (χ4n) is 2.72. The van der Waals surface area contributed by atoms with Crippen molar-refractivity contribution < 1.29 is 19.0 Å². The fourth-order valence-corrected chi connectivity index (χ4v) is 2.72. The quantitative estimate of drug-likeness (QED) is 0.599. The Morgan fingerprint density at radius 3 is 2.38 bits per heavy atom. The van der Waals surface area contributed by atoms with Crippen LogP contribution in [-0.4, -0.2) is 26.1 Å². The first kappa shape index (κ1) is 17.7. The molecule has 26 heavy (non-hydrogen) atoms. The Kier molecular flexibility index (Phi) is 5.07. The van der Waals surface area contributed by atoms with Crippen molar-refractivity contribution in [3.05, 3.63) is 64.9 Å². The second-order valence-corrected chi connectivity index (χ2v) is 6.22. The van der Waals surface area contributed by atoms with Gasteiger partial charge in [-0.2, -0.15) is 0 Å². The lowest BCUT2D eigenvalue weighted by molar-refractivity contribution is -0.129. The highest BCUT2D eigenvalue weighted by Crippen LogP contribution is 2.29. The van der Waals surface area contributed by atoms with Crippen LogP contribution >= 0.6 is 0 Å². The zero-order valence-corrected chi connectivity index (χ0v) is 15.3. The molecule has 0 spiro atoms. The molecular weight excluding hydrogens is 330 g/mol. The molecular formula is C21H21NO4. The molecule has 0 aliphatic carbocycles. The number of aliphatic imine (C=N–C) groups is 1. The first-order valence-electron chi connectivity index (χ1n) is 8.36. The first-order chi connectivity index (χ1) is 12.5. The summed E-state index contributed by atoms with van der Waals surface area (Å²) >= 11 is 0. The zero-order valence-electron chi connectivity index (χ0n) is 15.3. The third kappa shape index (κ3) is 3.61. The molecule has 0 amide bonds. The van der Waals surface area contributed by atoms with E-state index in [9.17, 15) is 4.79 Å². The summed E-state index contributed by atoms with van der Waals surface area (Å²) in [4.78, 5) is 16.5. The van der Waals surface area contributed by atoms with Crippen LogP contribution in [0.15, 0.2) is 53.2 Å². The largest absolute Gasteiger partial charge is 0.497 e. The van der Waals surface area contributed by atoms with Gasteiger partial charge in [-0.05, 0) is 59.5 Å². The number of ether oxygens (including phenoxy) is 3. The van der Waals surface area contributed by atoms with E-state index in [0.717, 1.165) is 28.2 Å². The van der Waals surface area contributed by atoms with Crippen molar-refractivity contribution in [3.63, 3.8) is 0 Å². The monoisotopic (exact) mass is 351 g/mol. The molecule has 0 unspecified atom stereocenters. The summed E-state index contributed by atoms with van der Waals surface area (Å²) in [7, 11) is 3.25. The summed E-state index contributed by atoms with van der Waals surface area (Å²) < 4.78 is 15.8. The van der Waals surface area contributed by atoms with Gasteiger partial charge in [0.05, 0.1) is 14.2 Å². The van der Waals surface area contributed by atoms with Crippen LogP contribution in [0.2, 0.25) is 0 Å². The van der Waals surface area contributed by atoms with Crippen molar-refractivity contribution in [2.75, 3.05) is 14.2 Å². The first-order valence-corrected chi connectivity index (χ1v) is 8.36. The SMILES string of the molecule is COc1ccc(C2=N/C(=C/c3ccc(OC)c(C(C)C)c3)C(=O)O2)cc1. The number of methoxy groups -OCH3 is 2. The van der Waals surface area contributed by atoms with Gasteiger partial charge in [-0.3, -0.25) is 0 Å². The molecule has 2 aromatic rings. The molecule has 0 saturated heterocycles. The van der Waals surface area contributed by atoms with Gasteiger partial charge < -0.3 is 14.2 Å². The predicted molar refractivity (Wildman–Crippen MR) is 101 cm³/mol. The highest BCUT2D eigenvalue weighted by atomic mass is 16.6. The van der Waals surface area contributed by atoms with Crippen molar-refractivity contribution in [3.8, 4) is 11.5 Å². The van der Waals surface area contributed by atoms with E-state index in [1.165, 1.54) is 0 Å². The van der Waals surface area contributed by atoms with Crippen LogP contribution in [0.25, 0.3) is 6.08 Å². The Morgan fingerprint density at radius 1 is 1.04 bits per heavy atom. The van der Waals surface area contributed by atoms with Gasteiger partial charge >= 0.3 is 5.97 Å². The number of rotatable bonds is 5. The van der Waals surface area contributed by atoms with E-state index in [2.05, 4.69) is 18.8 Å². The Bertz CT molecular complexity index is 879. The summed E-state index contributed by atoms with van der Waals surface area (Å²) in [5.41, 5.74) is 2.95. The maximum absolute atomic E-state index is 12.2. The molecule has 0 N–H and O–H groups in total. The van der Waals surface area contributed by atoms with Gasteiger partial charge in [0.2, 0.25) is 5.90 Å². The lowest BCUT2D eigenvalue weighted by Crippen LogP contribution is -2.05. The Hall–Kier alpha value is -3.08. The van der Waals surface area contributed by atoms with Crippen LogP contribution in [0.1, 0.15) is 36.5 Å². The number of hydrogen-bond donors (Lipinski definition) is 0. The minimum atomic E-state index is -0.460. The molecule has 134 valence electrons. The molecule has 0 atom stereocenters. The van der Waals surface area contributed by atoms with E-state index >= 15 is 0 Å². The third-order valence-corrected chi connectivity index (χ3v) is 4.14. The second-order valence-electron chi connectivity index (χ2n) is 6.22. The van der Waals surface area contributed by atoms with Gasteiger partial charge in [0.15, 0.2) is 5.70 Å². The van der Waals surface area contributed by atoms with Gasteiger partial charge in [0.25, 0.3) is 0 Å². The van der Waals surface area contributed by atoms with Gasteiger partial charge in [0.1, 0.15) is 11.5 Å². The van der Waals surface area contributed by atoms with E-state index < -0.39 is 5.97 Å². The maximum Gasteiger partial charge on any atom is 0.363 e. The van der Waals surface area contributed by atoms with E-state index in [1.807, 2.05) is 18.2 Å². The van der Waals surface area contributed by atoms with Crippen LogP contribution in [-0.2, 0) is 9.53 Å². The Balaban J connectivity index is 1.92. The summed E-state index contributed by atoms with van der Waals surface area (Å²) in [6.07, 6.45) is 1.73. The van der Waals surface area contributed by atoms with E-state index in [1.54, 1.807) is 44.6 Å². The fraction of sp³-hybridized carbons (Fsp3) is 0.238. The maximum atomic E-state index is 12.2. The average molecular weight is 351 g/mol. The van der Waals surface area contributed by atoms with Gasteiger partial charge in [-0.15, -0.1) is 0 Å². The number of carbonyl (C=O) groups is 1. The molecule has 0 bridgehead atoms. The Labute approximate surface area is 152 Å². The Morgan fingerprint density at radius 2 is 1.77 bits per heavy atom. The normalized spacial score (nSPS) is 15.2. The summed E-state index contributed by atoms with van der Waals surface area (Å²) in [5, 5.41) is 0. The van der Waals surface area contributed by atoms with Gasteiger partial charge in [-0.1, -0.05) is 19.9 Å². The topological polar surface area (TPSA) is 57.1 Å². The predicted octanol–water partition coefficient (Wildman–Crippen LogP) is 4.17. The zero-order chi connectivity index (χ0) is 18.7. The van der Waals surface area contributed by atoms with E-state index in [-0.39, 0.29) is 5.70 Å². The molecule has 2 aromatic carbocycles. The average Bonchev–Trinajstić information content (AvgIpc) is 3.02. The molecule has 3 rings (SSSR count). The molecule has 1 heterocycles. The molecule has 0 saturated carbocycles. The van der Waals surface area contributed by atoms with Crippen molar-refractivity contribution >= 4 is 17.9 Å². The van der Waals surface area contributed by atoms with Crippen molar-refractivity contribution in [1.82, 2.24) is 0 Å². The summed E-state index contributed by atoms with van der Waals surface area (Å²) in [6.45, 7) is 4.19. The number of cyclic esters (lactones) is 1. The van der Waals surface area contributed by atoms with Crippen LogP contribution in [0.4, 0.5) is 0 Å². The minimum Gasteiger partial charge on any atom is -0.497 e. The standard InChI is InChI=1S/C21H21NO4/c1-13(2)17-11-14(5-10-19(17)25-4)12-18-21(23)26-20(22-18)15-6-8-16(24-3)9-7-15/h5-13H,1-4H3/b18-12+. The molecule has 1 aliphatic heterocycles. The highest BCUT2D eigenvalue weighted by Gasteiger charge is 2.24. The van der Waals surface area contributed by atoms with Crippen LogP contribution in [0.3, 0.4) is 0 Å². The summed E-state index contributed by atoms with van der Waals surface area (Å²) in [6, 6.07) is 13.0. The van der Waals surface area contributed by atoms with Crippen molar-refractivity contribution in [2.45, 2.75) is 19.8 Å². The van der Waals surface area contributed by atoms with E-state index in [4.69, 9.17) is 14.2 Å².